The largest absolute Gasteiger partial charge is 0.454 e. The van der Waals surface area contributed by atoms with Gasteiger partial charge in [-0.2, -0.15) is 0 Å². The summed E-state index contributed by atoms with van der Waals surface area (Å²) in [5, 5.41) is 10.7. The molecule has 0 radical (unpaired) electrons. The second-order valence-corrected chi connectivity index (χ2v) is 12.5. The average Bonchev–Trinajstić information content (AvgIpc) is 3.86. The molecule has 5 nitrogen and oxygen atoms in total. The maximum absolute atomic E-state index is 6.79. The molecule has 12 aromatic rings. The Morgan fingerprint density at radius 1 is 0.468 bits per heavy atom. The molecule has 0 saturated heterocycles. The van der Waals surface area contributed by atoms with Gasteiger partial charge in [0.05, 0.1) is 33.1 Å². The number of para-hydroxylation sites is 5. The minimum atomic E-state index is 0.893. The van der Waals surface area contributed by atoms with Crippen molar-refractivity contribution in [1.82, 2.24) is 18.9 Å². The summed E-state index contributed by atoms with van der Waals surface area (Å²) in [5.41, 5.74) is 11.1. The minimum Gasteiger partial charge on any atom is -0.454 e. The smallest absolute Gasteiger partial charge is 0.165 e. The lowest BCUT2D eigenvalue weighted by Crippen LogP contribution is -1.95. The van der Waals surface area contributed by atoms with Crippen LogP contribution in [0.3, 0.4) is 0 Å². The monoisotopic (exact) mass is 598 g/mol. The van der Waals surface area contributed by atoms with Crippen LogP contribution in [0.4, 0.5) is 0 Å². The zero-order chi connectivity index (χ0) is 30.4. The van der Waals surface area contributed by atoms with E-state index in [9.17, 15) is 0 Å². The van der Waals surface area contributed by atoms with Crippen LogP contribution < -0.4 is 0 Å². The molecule has 0 unspecified atom stereocenters. The number of benzene rings is 7. The SMILES string of the molecule is c1ccc2nc3c(nc2c1)c1cccc2c4cc(-n5c6ccccc6c6c7ccccc7c7c8ccccc8oc7c65)ccc4n3c21. The highest BCUT2D eigenvalue weighted by Gasteiger charge is 2.24. The molecule has 0 aliphatic carbocycles. The van der Waals surface area contributed by atoms with Gasteiger partial charge in [0.15, 0.2) is 11.2 Å². The predicted octanol–water partition coefficient (Wildman–Crippen LogP) is 10.9. The molecule has 47 heavy (non-hydrogen) atoms. The Hall–Kier alpha value is -6.46. The van der Waals surface area contributed by atoms with E-state index in [1.54, 1.807) is 0 Å². The normalized spacial score (nSPS) is 12.7. The molecule has 5 aromatic heterocycles. The second kappa shape index (κ2) is 8.22. The van der Waals surface area contributed by atoms with E-state index in [1.807, 2.05) is 30.3 Å². The van der Waals surface area contributed by atoms with Crippen molar-refractivity contribution in [1.29, 1.82) is 0 Å². The van der Waals surface area contributed by atoms with Gasteiger partial charge in [-0.1, -0.05) is 91.0 Å². The molecule has 0 bridgehead atoms. The molecule has 0 spiro atoms. The summed E-state index contributed by atoms with van der Waals surface area (Å²) in [6, 6.07) is 47.4. The van der Waals surface area contributed by atoms with E-state index in [0.717, 1.165) is 77.3 Å². The Labute approximate surface area is 265 Å². The molecule has 0 fully saturated rings. The van der Waals surface area contributed by atoms with Crippen LogP contribution in [0.5, 0.6) is 0 Å². The summed E-state index contributed by atoms with van der Waals surface area (Å²) in [6.45, 7) is 0. The van der Waals surface area contributed by atoms with Crippen molar-refractivity contribution in [3.05, 3.63) is 133 Å². The van der Waals surface area contributed by atoms with Gasteiger partial charge in [-0.05, 0) is 53.2 Å². The van der Waals surface area contributed by atoms with Gasteiger partial charge in [0.25, 0.3) is 0 Å². The Morgan fingerprint density at radius 2 is 1.15 bits per heavy atom. The minimum absolute atomic E-state index is 0.893. The van der Waals surface area contributed by atoms with Crippen LogP contribution in [0.2, 0.25) is 0 Å². The molecule has 0 aliphatic rings. The van der Waals surface area contributed by atoms with Gasteiger partial charge in [-0.3, -0.25) is 4.40 Å². The highest BCUT2D eigenvalue weighted by molar-refractivity contribution is 6.35. The summed E-state index contributed by atoms with van der Waals surface area (Å²) < 4.78 is 11.5. The fourth-order valence-corrected chi connectivity index (χ4v) is 8.33. The lowest BCUT2D eigenvalue weighted by atomic mass is 9.99. The van der Waals surface area contributed by atoms with Crippen LogP contribution >= 0.6 is 0 Å². The van der Waals surface area contributed by atoms with Crippen molar-refractivity contribution in [3.8, 4) is 5.69 Å². The third-order valence-corrected chi connectivity index (χ3v) is 10.2. The number of furan rings is 1. The van der Waals surface area contributed by atoms with Crippen LogP contribution in [0.1, 0.15) is 0 Å². The Kier molecular flexibility index (Phi) is 4.17. The summed E-state index contributed by atoms with van der Waals surface area (Å²) >= 11 is 0. The van der Waals surface area contributed by atoms with Crippen LogP contribution in [0.25, 0.3) is 110 Å². The van der Waals surface area contributed by atoms with Crippen molar-refractivity contribution in [3.63, 3.8) is 0 Å². The molecule has 0 amide bonds. The van der Waals surface area contributed by atoms with E-state index in [-0.39, 0.29) is 0 Å². The van der Waals surface area contributed by atoms with Crippen molar-refractivity contribution < 1.29 is 4.42 Å². The lowest BCUT2D eigenvalue weighted by Gasteiger charge is -2.10. The Balaban J connectivity index is 1.26. The highest BCUT2D eigenvalue weighted by Crippen LogP contribution is 2.46. The fourth-order valence-electron chi connectivity index (χ4n) is 8.33. The van der Waals surface area contributed by atoms with Gasteiger partial charge in [0, 0.05) is 43.4 Å². The molecule has 216 valence electrons. The first kappa shape index (κ1) is 23.9. The van der Waals surface area contributed by atoms with E-state index in [0.29, 0.717) is 0 Å². The molecule has 5 heterocycles. The van der Waals surface area contributed by atoms with Crippen LogP contribution in [-0.2, 0) is 0 Å². The van der Waals surface area contributed by atoms with Crippen molar-refractivity contribution >= 4 is 104 Å². The molecule has 0 atom stereocenters. The summed E-state index contributed by atoms with van der Waals surface area (Å²) in [5.74, 6) is 0. The summed E-state index contributed by atoms with van der Waals surface area (Å²) in [6.07, 6.45) is 0. The van der Waals surface area contributed by atoms with E-state index in [2.05, 4.69) is 112 Å². The maximum atomic E-state index is 6.79. The number of hydrogen-bond donors (Lipinski definition) is 0. The number of aromatic nitrogens is 4. The van der Waals surface area contributed by atoms with Gasteiger partial charge >= 0.3 is 0 Å². The van der Waals surface area contributed by atoms with E-state index >= 15 is 0 Å². The number of hydrogen-bond acceptors (Lipinski definition) is 3. The topological polar surface area (TPSA) is 48.3 Å². The first-order valence-corrected chi connectivity index (χ1v) is 15.9. The Morgan fingerprint density at radius 3 is 2.02 bits per heavy atom. The number of nitrogens with zero attached hydrogens (tertiary/aromatic N) is 4. The van der Waals surface area contributed by atoms with E-state index < -0.39 is 0 Å². The van der Waals surface area contributed by atoms with Crippen LogP contribution in [0, 0.1) is 0 Å². The quantitative estimate of drug-likeness (QED) is 0.189. The lowest BCUT2D eigenvalue weighted by molar-refractivity contribution is 0.671. The number of fused-ring (bicyclic) bond motifs is 17. The molecule has 0 saturated carbocycles. The third kappa shape index (κ3) is 2.82. The maximum Gasteiger partial charge on any atom is 0.165 e. The van der Waals surface area contributed by atoms with Gasteiger partial charge in [-0.25, -0.2) is 9.97 Å². The van der Waals surface area contributed by atoms with Crippen molar-refractivity contribution in [2.75, 3.05) is 0 Å². The fraction of sp³-hybridized carbons (Fsp3) is 0. The molecular formula is C42H22N4O. The zero-order valence-corrected chi connectivity index (χ0v) is 24.9. The number of rotatable bonds is 1. The van der Waals surface area contributed by atoms with Gasteiger partial charge < -0.3 is 8.98 Å². The van der Waals surface area contributed by atoms with Crippen molar-refractivity contribution in [2.45, 2.75) is 0 Å². The highest BCUT2D eigenvalue weighted by atomic mass is 16.3. The van der Waals surface area contributed by atoms with Crippen molar-refractivity contribution in [2.24, 2.45) is 0 Å². The Bertz CT molecular complexity index is 3310. The molecule has 12 rings (SSSR count). The van der Waals surface area contributed by atoms with E-state index in [1.165, 1.54) is 32.3 Å². The van der Waals surface area contributed by atoms with E-state index in [4.69, 9.17) is 14.4 Å². The predicted molar refractivity (Wildman–Crippen MR) is 193 cm³/mol. The summed E-state index contributed by atoms with van der Waals surface area (Å²) in [4.78, 5) is 10.2. The van der Waals surface area contributed by atoms with Gasteiger partial charge in [0.1, 0.15) is 11.1 Å². The molecule has 0 aliphatic heterocycles. The molecule has 7 aromatic carbocycles. The zero-order valence-electron chi connectivity index (χ0n) is 24.9. The molecular weight excluding hydrogens is 576 g/mol. The van der Waals surface area contributed by atoms with Gasteiger partial charge in [0.2, 0.25) is 0 Å². The van der Waals surface area contributed by atoms with Crippen LogP contribution in [0.15, 0.2) is 138 Å². The standard InChI is InChI=1S/C42H22N4O/c1-2-11-25-24(10-1)36-27-12-3-7-18-33(27)45(40(36)41-37(25)28-13-4-8-19-35(28)47-41)23-20-21-34-30(22-23)26-14-9-15-29-38-42(46(34)39(26)29)44-32-17-6-5-16-31(32)43-38/h1-22H. The first-order valence-electron chi connectivity index (χ1n) is 15.9. The average molecular weight is 599 g/mol. The first-order chi connectivity index (χ1) is 23.3. The third-order valence-electron chi connectivity index (χ3n) is 10.2. The molecule has 0 N–H and O–H groups in total. The molecule has 5 heteroatoms. The second-order valence-electron chi connectivity index (χ2n) is 12.5. The summed E-state index contributed by atoms with van der Waals surface area (Å²) in [7, 11) is 0. The van der Waals surface area contributed by atoms with Crippen LogP contribution in [-0.4, -0.2) is 18.9 Å². The van der Waals surface area contributed by atoms with Gasteiger partial charge in [-0.15, -0.1) is 0 Å².